The van der Waals surface area contributed by atoms with Crippen LogP contribution >= 0.6 is 12.2 Å². The Labute approximate surface area is 175 Å². The predicted molar refractivity (Wildman–Crippen MR) is 112 cm³/mol. The van der Waals surface area contributed by atoms with Crippen molar-refractivity contribution in [1.29, 1.82) is 0 Å². The SMILES string of the molecule is CC(C)C(NC(=O)c1ccc2c(=O)[nH]c(=S)[nH]c2c1)c1nc(-c2ccncc2)no1. The molecule has 0 fully saturated rings. The van der Waals surface area contributed by atoms with Gasteiger partial charge in [0.2, 0.25) is 11.7 Å². The molecular formula is C20H18N6O3S. The lowest BCUT2D eigenvalue weighted by Crippen LogP contribution is -2.32. The van der Waals surface area contributed by atoms with Crippen LogP contribution in [0.4, 0.5) is 0 Å². The zero-order valence-corrected chi connectivity index (χ0v) is 17.0. The fraction of sp³-hybridized carbons (Fsp3) is 0.200. The molecule has 0 radical (unpaired) electrons. The van der Waals surface area contributed by atoms with E-state index in [0.29, 0.717) is 28.2 Å². The number of nitrogens with zero attached hydrogens (tertiary/aromatic N) is 3. The van der Waals surface area contributed by atoms with Crippen LogP contribution < -0.4 is 10.9 Å². The smallest absolute Gasteiger partial charge is 0.259 e. The molecule has 0 aliphatic heterocycles. The van der Waals surface area contributed by atoms with Crippen molar-refractivity contribution in [2.75, 3.05) is 0 Å². The number of rotatable bonds is 5. The van der Waals surface area contributed by atoms with Crippen molar-refractivity contribution in [2.24, 2.45) is 5.92 Å². The lowest BCUT2D eigenvalue weighted by atomic mass is 10.0. The second-order valence-electron chi connectivity index (χ2n) is 7.06. The maximum absolute atomic E-state index is 12.9. The molecule has 152 valence electrons. The van der Waals surface area contributed by atoms with Crippen LogP contribution in [-0.2, 0) is 0 Å². The Hall–Kier alpha value is -3.66. The Bertz CT molecular complexity index is 1330. The average Bonchev–Trinajstić information content (AvgIpc) is 3.21. The van der Waals surface area contributed by atoms with Gasteiger partial charge in [-0.25, -0.2) is 0 Å². The largest absolute Gasteiger partial charge is 0.340 e. The molecule has 1 atom stereocenters. The third-order valence-electron chi connectivity index (χ3n) is 4.60. The molecule has 4 aromatic rings. The third kappa shape index (κ3) is 3.90. The van der Waals surface area contributed by atoms with Gasteiger partial charge in [-0.2, -0.15) is 4.98 Å². The number of hydrogen-bond donors (Lipinski definition) is 3. The minimum Gasteiger partial charge on any atom is -0.340 e. The summed E-state index contributed by atoms with van der Waals surface area (Å²) in [7, 11) is 0. The maximum atomic E-state index is 12.9. The number of fused-ring (bicyclic) bond motifs is 1. The molecule has 3 heterocycles. The molecule has 9 nitrogen and oxygen atoms in total. The van der Waals surface area contributed by atoms with E-state index in [4.69, 9.17) is 16.7 Å². The normalized spacial score (nSPS) is 12.2. The van der Waals surface area contributed by atoms with Gasteiger partial charge >= 0.3 is 0 Å². The zero-order chi connectivity index (χ0) is 21.3. The number of aromatic nitrogens is 5. The summed E-state index contributed by atoms with van der Waals surface area (Å²) >= 11 is 5.00. The molecule has 0 saturated carbocycles. The van der Waals surface area contributed by atoms with E-state index in [1.807, 2.05) is 13.8 Å². The van der Waals surface area contributed by atoms with Gasteiger partial charge in [-0.1, -0.05) is 19.0 Å². The fourth-order valence-corrected chi connectivity index (χ4v) is 3.23. The zero-order valence-electron chi connectivity index (χ0n) is 16.2. The quantitative estimate of drug-likeness (QED) is 0.421. The molecule has 0 spiro atoms. The minimum absolute atomic E-state index is 0.00574. The molecule has 3 N–H and O–H groups in total. The van der Waals surface area contributed by atoms with E-state index >= 15 is 0 Å². The summed E-state index contributed by atoms with van der Waals surface area (Å²) in [6.45, 7) is 3.89. The molecule has 0 bridgehead atoms. The number of carbonyl (C=O) groups is 1. The van der Waals surface area contributed by atoms with Gasteiger partial charge in [-0.3, -0.25) is 19.6 Å². The first-order valence-electron chi connectivity index (χ1n) is 9.23. The standard InChI is InChI=1S/C20H18N6O3S/c1-10(2)15(19-24-16(26-29-19)11-5-7-21-8-6-11)23-17(27)12-3-4-13-14(9-12)22-20(30)25-18(13)28/h3-10,15H,1-2H3,(H,23,27)(H2,22,25,28,30). The van der Waals surface area contributed by atoms with Crippen LogP contribution in [0.5, 0.6) is 0 Å². The second-order valence-corrected chi connectivity index (χ2v) is 7.46. The van der Waals surface area contributed by atoms with Gasteiger partial charge in [0.05, 0.1) is 10.9 Å². The van der Waals surface area contributed by atoms with Gasteiger partial charge in [0.25, 0.3) is 11.5 Å². The number of benzene rings is 1. The highest BCUT2D eigenvalue weighted by atomic mass is 32.1. The van der Waals surface area contributed by atoms with Crippen LogP contribution in [0.2, 0.25) is 0 Å². The van der Waals surface area contributed by atoms with Gasteiger partial charge < -0.3 is 14.8 Å². The summed E-state index contributed by atoms with van der Waals surface area (Å²) in [5, 5.41) is 7.36. The summed E-state index contributed by atoms with van der Waals surface area (Å²) in [6.07, 6.45) is 3.28. The van der Waals surface area contributed by atoms with Crippen molar-refractivity contribution >= 4 is 29.0 Å². The van der Waals surface area contributed by atoms with E-state index in [-0.39, 0.29) is 22.2 Å². The van der Waals surface area contributed by atoms with Gasteiger partial charge in [0, 0.05) is 23.5 Å². The summed E-state index contributed by atoms with van der Waals surface area (Å²) in [5.41, 5.74) is 1.31. The van der Waals surface area contributed by atoms with Crippen LogP contribution in [0.1, 0.15) is 36.1 Å². The van der Waals surface area contributed by atoms with Gasteiger partial charge in [-0.15, -0.1) is 0 Å². The highest BCUT2D eigenvalue weighted by molar-refractivity contribution is 7.71. The van der Waals surface area contributed by atoms with Crippen LogP contribution in [0.15, 0.2) is 52.0 Å². The number of hydrogen-bond acceptors (Lipinski definition) is 7. The fourth-order valence-electron chi connectivity index (χ4n) is 3.03. The van der Waals surface area contributed by atoms with Crippen LogP contribution in [0.3, 0.4) is 0 Å². The Kier molecular flexibility index (Phi) is 5.23. The van der Waals surface area contributed by atoms with Crippen molar-refractivity contribution in [1.82, 2.24) is 30.4 Å². The molecule has 3 aromatic heterocycles. The van der Waals surface area contributed by atoms with Crippen molar-refractivity contribution in [3.8, 4) is 11.4 Å². The molecule has 0 aliphatic carbocycles. The van der Waals surface area contributed by atoms with Crippen molar-refractivity contribution in [3.05, 3.63) is 69.3 Å². The van der Waals surface area contributed by atoms with E-state index < -0.39 is 6.04 Å². The molecule has 0 aliphatic rings. The summed E-state index contributed by atoms with van der Waals surface area (Å²) in [4.78, 5) is 38.7. The summed E-state index contributed by atoms with van der Waals surface area (Å²) in [6, 6.07) is 7.80. The van der Waals surface area contributed by atoms with Gasteiger partial charge in [-0.05, 0) is 48.5 Å². The van der Waals surface area contributed by atoms with E-state index in [0.717, 1.165) is 5.56 Å². The first-order chi connectivity index (χ1) is 14.4. The molecule has 1 unspecified atom stereocenters. The molecular weight excluding hydrogens is 404 g/mol. The van der Waals surface area contributed by atoms with Crippen molar-refractivity contribution < 1.29 is 9.32 Å². The summed E-state index contributed by atoms with van der Waals surface area (Å²) < 4.78 is 5.61. The highest BCUT2D eigenvalue weighted by Crippen LogP contribution is 2.24. The molecule has 4 rings (SSSR count). The Morgan fingerprint density at radius 2 is 1.93 bits per heavy atom. The maximum Gasteiger partial charge on any atom is 0.259 e. The summed E-state index contributed by atoms with van der Waals surface area (Å²) in [5.74, 6) is 0.388. The minimum atomic E-state index is -0.492. The molecule has 10 heteroatoms. The van der Waals surface area contributed by atoms with E-state index in [1.165, 1.54) is 0 Å². The van der Waals surface area contributed by atoms with Gasteiger partial charge in [0.1, 0.15) is 6.04 Å². The molecule has 0 saturated heterocycles. The first-order valence-corrected chi connectivity index (χ1v) is 9.64. The molecule has 1 aromatic carbocycles. The molecule has 1 amide bonds. The lowest BCUT2D eigenvalue weighted by molar-refractivity contribution is 0.0914. The Morgan fingerprint density at radius 1 is 1.17 bits per heavy atom. The van der Waals surface area contributed by atoms with Crippen LogP contribution in [0, 0.1) is 10.7 Å². The number of H-pyrrole nitrogens is 2. The van der Waals surface area contributed by atoms with Crippen LogP contribution in [0.25, 0.3) is 22.3 Å². The lowest BCUT2D eigenvalue weighted by Gasteiger charge is -2.18. The number of pyridine rings is 1. The third-order valence-corrected chi connectivity index (χ3v) is 4.81. The Morgan fingerprint density at radius 3 is 2.67 bits per heavy atom. The number of amides is 1. The second kappa shape index (κ2) is 7.99. The van der Waals surface area contributed by atoms with Crippen molar-refractivity contribution in [3.63, 3.8) is 0 Å². The van der Waals surface area contributed by atoms with E-state index in [1.54, 1.807) is 42.7 Å². The monoisotopic (exact) mass is 422 g/mol. The molecule has 30 heavy (non-hydrogen) atoms. The Balaban J connectivity index is 1.62. The van der Waals surface area contributed by atoms with Crippen LogP contribution in [-0.4, -0.2) is 31.0 Å². The van der Waals surface area contributed by atoms with E-state index in [9.17, 15) is 9.59 Å². The first kappa shape index (κ1) is 19.6. The number of nitrogens with one attached hydrogen (secondary N) is 3. The number of carbonyl (C=O) groups excluding carboxylic acids is 1. The highest BCUT2D eigenvalue weighted by Gasteiger charge is 2.25. The van der Waals surface area contributed by atoms with E-state index in [2.05, 4.69) is 30.4 Å². The predicted octanol–water partition coefficient (Wildman–Crippen LogP) is 3.16. The van der Waals surface area contributed by atoms with Gasteiger partial charge in [0.15, 0.2) is 4.77 Å². The number of aromatic amines is 2. The topological polar surface area (TPSA) is 130 Å². The average molecular weight is 422 g/mol. The van der Waals surface area contributed by atoms with Crippen molar-refractivity contribution in [2.45, 2.75) is 19.9 Å².